The summed E-state index contributed by atoms with van der Waals surface area (Å²) >= 11 is 0. The average Bonchev–Trinajstić information content (AvgIpc) is 2.88. The fourth-order valence-corrected chi connectivity index (χ4v) is 3.24. The third kappa shape index (κ3) is 3.67. The Balaban J connectivity index is 1.67. The minimum absolute atomic E-state index is 0.0659. The molecule has 2 aromatic carbocycles. The zero-order valence-corrected chi connectivity index (χ0v) is 13.2. The fraction of sp³-hybridized carbons (Fsp3) is 0.300. The molecular weight excluding hydrogens is 286 g/mol. The Labute approximate surface area is 136 Å². The molecule has 1 saturated heterocycles. The first-order valence-corrected chi connectivity index (χ1v) is 8.17. The first-order chi connectivity index (χ1) is 11.3. The van der Waals surface area contributed by atoms with Crippen LogP contribution < -0.4 is 0 Å². The molecule has 1 atom stereocenters. The van der Waals surface area contributed by atoms with E-state index in [-0.39, 0.29) is 5.91 Å². The molecule has 1 amide bonds. The van der Waals surface area contributed by atoms with Gasteiger partial charge in [-0.3, -0.25) is 9.59 Å². The Morgan fingerprint density at radius 2 is 1.70 bits per heavy atom. The number of hydrogen-bond donors (Lipinski definition) is 0. The second-order valence-corrected chi connectivity index (χ2v) is 6.07. The molecule has 1 aliphatic heterocycles. The average molecular weight is 307 g/mol. The lowest BCUT2D eigenvalue weighted by atomic mass is 9.92. The maximum Gasteiger partial charge on any atom is 0.253 e. The summed E-state index contributed by atoms with van der Waals surface area (Å²) in [6.07, 6.45) is 3.95. The van der Waals surface area contributed by atoms with Crippen molar-refractivity contribution in [3.05, 3.63) is 71.3 Å². The Hall–Kier alpha value is -2.42. The fourth-order valence-electron chi connectivity index (χ4n) is 3.24. The van der Waals surface area contributed by atoms with E-state index in [1.165, 1.54) is 5.56 Å². The van der Waals surface area contributed by atoms with Crippen molar-refractivity contribution in [1.82, 2.24) is 4.90 Å². The van der Waals surface area contributed by atoms with Crippen LogP contribution in [-0.2, 0) is 0 Å². The lowest BCUT2D eigenvalue weighted by Crippen LogP contribution is -2.31. The maximum atomic E-state index is 12.6. The summed E-state index contributed by atoms with van der Waals surface area (Å²) in [6.45, 7) is 1.59. The van der Waals surface area contributed by atoms with Crippen molar-refractivity contribution in [3.8, 4) is 0 Å². The van der Waals surface area contributed by atoms with E-state index in [0.29, 0.717) is 17.0 Å². The molecule has 0 aliphatic carbocycles. The van der Waals surface area contributed by atoms with E-state index in [9.17, 15) is 9.59 Å². The number of benzene rings is 2. The smallest absolute Gasteiger partial charge is 0.253 e. The van der Waals surface area contributed by atoms with Crippen LogP contribution in [0.25, 0.3) is 0 Å². The SMILES string of the molecule is O=Cc1ccc(C(=O)N2CCCC(c3ccccc3)CC2)cc1. The van der Waals surface area contributed by atoms with Gasteiger partial charge in [-0.15, -0.1) is 0 Å². The largest absolute Gasteiger partial charge is 0.339 e. The lowest BCUT2D eigenvalue weighted by molar-refractivity contribution is 0.0761. The number of amides is 1. The predicted octanol–water partition coefficient (Wildman–Crippen LogP) is 3.91. The number of nitrogens with zero attached hydrogens (tertiary/aromatic N) is 1. The van der Waals surface area contributed by atoms with E-state index < -0.39 is 0 Å². The number of carbonyl (C=O) groups is 2. The minimum atomic E-state index is 0.0659. The van der Waals surface area contributed by atoms with Gasteiger partial charge in [0.25, 0.3) is 5.91 Å². The quantitative estimate of drug-likeness (QED) is 0.806. The summed E-state index contributed by atoms with van der Waals surface area (Å²) in [5, 5.41) is 0. The highest BCUT2D eigenvalue weighted by Crippen LogP contribution is 2.28. The molecule has 1 heterocycles. The lowest BCUT2D eigenvalue weighted by Gasteiger charge is -2.21. The Morgan fingerprint density at radius 1 is 0.957 bits per heavy atom. The zero-order chi connectivity index (χ0) is 16.1. The topological polar surface area (TPSA) is 37.4 Å². The van der Waals surface area contributed by atoms with Crippen molar-refractivity contribution in [1.29, 1.82) is 0 Å². The summed E-state index contributed by atoms with van der Waals surface area (Å²) in [5.41, 5.74) is 2.63. The van der Waals surface area contributed by atoms with Gasteiger partial charge in [-0.25, -0.2) is 0 Å². The molecule has 1 aliphatic rings. The van der Waals surface area contributed by atoms with Crippen LogP contribution in [0.3, 0.4) is 0 Å². The number of carbonyl (C=O) groups excluding carboxylic acids is 2. The van der Waals surface area contributed by atoms with Crippen molar-refractivity contribution in [2.45, 2.75) is 25.2 Å². The normalized spacial score (nSPS) is 18.3. The van der Waals surface area contributed by atoms with Crippen molar-refractivity contribution >= 4 is 12.2 Å². The molecule has 23 heavy (non-hydrogen) atoms. The minimum Gasteiger partial charge on any atom is -0.339 e. The van der Waals surface area contributed by atoms with Crippen molar-refractivity contribution in [2.75, 3.05) is 13.1 Å². The molecule has 3 heteroatoms. The van der Waals surface area contributed by atoms with Gasteiger partial charge in [-0.2, -0.15) is 0 Å². The molecular formula is C20H21NO2. The molecule has 1 fully saturated rings. The number of hydrogen-bond acceptors (Lipinski definition) is 2. The molecule has 2 aromatic rings. The van der Waals surface area contributed by atoms with E-state index in [4.69, 9.17) is 0 Å². The Kier molecular flexibility index (Phi) is 4.86. The van der Waals surface area contributed by atoms with Crippen LogP contribution in [0.15, 0.2) is 54.6 Å². The third-order valence-corrected chi connectivity index (χ3v) is 4.58. The highest BCUT2D eigenvalue weighted by Gasteiger charge is 2.22. The van der Waals surface area contributed by atoms with Crippen LogP contribution in [0, 0.1) is 0 Å². The van der Waals surface area contributed by atoms with Gasteiger partial charge in [0, 0.05) is 24.2 Å². The van der Waals surface area contributed by atoms with Crippen molar-refractivity contribution in [2.24, 2.45) is 0 Å². The first kappa shape index (κ1) is 15.5. The van der Waals surface area contributed by atoms with Crippen LogP contribution in [0.1, 0.15) is 51.5 Å². The van der Waals surface area contributed by atoms with Crippen molar-refractivity contribution < 1.29 is 9.59 Å². The second kappa shape index (κ2) is 7.23. The van der Waals surface area contributed by atoms with E-state index in [1.807, 2.05) is 11.0 Å². The molecule has 1 unspecified atom stereocenters. The summed E-state index contributed by atoms with van der Waals surface area (Å²) in [7, 11) is 0. The molecule has 3 nitrogen and oxygen atoms in total. The molecule has 0 aromatic heterocycles. The number of likely N-dealkylation sites (tertiary alicyclic amines) is 1. The highest BCUT2D eigenvalue weighted by molar-refractivity contribution is 5.94. The van der Waals surface area contributed by atoms with Gasteiger partial charge in [0.05, 0.1) is 0 Å². The van der Waals surface area contributed by atoms with Crippen LogP contribution in [0.5, 0.6) is 0 Å². The van der Waals surface area contributed by atoms with Crippen LogP contribution in [-0.4, -0.2) is 30.2 Å². The molecule has 0 radical (unpaired) electrons. The van der Waals surface area contributed by atoms with E-state index in [0.717, 1.165) is 38.6 Å². The summed E-state index contributed by atoms with van der Waals surface area (Å²) in [6, 6.07) is 17.4. The van der Waals surface area contributed by atoms with Crippen LogP contribution >= 0.6 is 0 Å². The second-order valence-electron chi connectivity index (χ2n) is 6.07. The predicted molar refractivity (Wildman–Crippen MR) is 90.8 cm³/mol. The Bertz CT molecular complexity index is 664. The highest BCUT2D eigenvalue weighted by atomic mass is 16.2. The monoisotopic (exact) mass is 307 g/mol. The number of aldehydes is 1. The summed E-state index contributed by atoms with van der Waals surface area (Å²) in [4.78, 5) is 25.3. The molecule has 0 N–H and O–H groups in total. The van der Waals surface area contributed by atoms with Crippen LogP contribution in [0.4, 0.5) is 0 Å². The first-order valence-electron chi connectivity index (χ1n) is 8.17. The van der Waals surface area contributed by atoms with Gasteiger partial charge in [-0.05, 0) is 42.9 Å². The third-order valence-electron chi connectivity index (χ3n) is 4.58. The molecule has 0 bridgehead atoms. The van der Waals surface area contributed by atoms with Crippen LogP contribution in [0.2, 0.25) is 0 Å². The van der Waals surface area contributed by atoms with Crippen molar-refractivity contribution in [3.63, 3.8) is 0 Å². The standard InChI is InChI=1S/C20H21NO2/c22-15-16-8-10-19(11-9-16)20(23)21-13-4-7-18(12-14-21)17-5-2-1-3-6-17/h1-3,5-6,8-11,15,18H,4,7,12-14H2. The summed E-state index contributed by atoms with van der Waals surface area (Å²) in [5.74, 6) is 0.600. The molecule has 0 saturated carbocycles. The Morgan fingerprint density at radius 3 is 2.39 bits per heavy atom. The zero-order valence-electron chi connectivity index (χ0n) is 13.2. The number of rotatable bonds is 3. The van der Waals surface area contributed by atoms with Gasteiger partial charge < -0.3 is 4.90 Å². The molecule has 0 spiro atoms. The van der Waals surface area contributed by atoms with E-state index in [2.05, 4.69) is 24.3 Å². The van der Waals surface area contributed by atoms with E-state index >= 15 is 0 Å². The van der Waals surface area contributed by atoms with Gasteiger partial charge in [0.1, 0.15) is 6.29 Å². The van der Waals surface area contributed by atoms with E-state index in [1.54, 1.807) is 24.3 Å². The summed E-state index contributed by atoms with van der Waals surface area (Å²) < 4.78 is 0. The molecule has 118 valence electrons. The maximum absolute atomic E-state index is 12.6. The van der Waals surface area contributed by atoms with Gasteiger partial charge in [-0.1, -0.05) is 42.5 Å². The molecule has 3 rings (SSSR count). The van der Waals surface area contributed by atoms with Gasteiger partial charge in [0.15, 0.2) is 0 Å². The van der Waals surface area contributed by atoms with Gasteiger partial charge in [0.2, 0.25) is 0 Å². The van der Waals surface area contributed by atoms with Gasteiger partial charge >= 0.3 is 0 Å².